The number of rotatable bonds is 9. The van der Waals surface area contributed by atoms with E-state index in [-0.39, 0.29) is 17.0 Å². The molecule has 0 saturated heterocycles. The Labute approximate surface area is 162 Å². The Hall–Kier alpha value is -2.49. The highest BCUT2D eigenvalue weighted by molar-refractivity contribution is 7.89. The third-order valence-electron chi connectivity index (χ3n) is 3.49. The molecule has 144 valence electrons. The van der Waals surface area contributed by atoms with Crippen LogP contribution in [0.4, 0.5) is 0 Å². The molecule has 27 heavy (non-hydrogen) atoms. The average molecular weight is 409 g/mol. The molecule has 0 bridgehead atoms. The van der Waals surface area contributed by atoms with Crippen LogP contribution in [-0.2, 0) is 26.1 Å². The highest BCUT2D eigenvalue weighted by Gasteiger charge is 2.20. The lowest BCUT2D eigenvalue weighted by atomic mass is 10.2. The summed E-state index contributed by atoms with van der Waals surface area (Å²) in [5, 5.41) is 4.59. The first-order chi connectivity index (χ1) is 12.8. The molecule has 1 amide bonds. The van der Waals surface area contributed by atoms with Crippen molar-refractivity contribution in [3.63, 3.8) is 0 Å². The lowest BCUT2D eigenvalue weighted by molar-refractivity contribution is -0.129. The van der Waals surface area contributed by atoms with Gasteiger partial charge in [-0.15, -0.1) is 17.9 Å². The first kappa shape index (κ1) is 20.8. The van der Waals surface area contributed by atoms with Crippen LogP contribution in [0.3, 0.4) is 0 Å². The van der Waals surface area contributed by atoms with E-state index in [1.807, 2.05) is 17.5 Å². The van der Waals surface area contributed by atoms with Crippen molar-refractivity contribution < 1.29 is 22.7 Å². The van der Waals surface area contributed by atoms with Crippen LogP contribution in [-0.4, -0.2) is 32.9 Å². The van der Waals surface area contributed by atoms with Gasteiger partial charge in [-0.2, -0.15) is 0 Å². The van der Waals surface area contributed by atoms with Gasteiger partial charge in [0.2, 0.25) is 10.0 Å². The second-order valence-electron chi connectivity index (χ2n) is 5.51. The number of carbonyl (C=O) groups is 2. The van der Waals surface area contributed by atoms with Crippen molar-refractivity contribution in [2.45, 2.75) is 24.5 Å². The Morgan fingerprint density at radius 3 is 2.56 bits per heavy atom. The number of sulfonamides is 1. The van der Waals surface area contributed by atoms with E-state index in [1.165, 1.54) is 48.6 Å². The van der Waals surface area contributed by atoms with Crippen molar-refractivity contribution in [2.75, 3.05) is 6.54 Å². The fourth-order valence-corrected chi connectivity index (χ4v) is 3.68. The Balaban J connectivity index is 1.92. The first-order valence-electron chi connectivity index (χ1n) is 8.05. The molecule has 0 spiro atoms. The topological polar surface area (TPSA) is 102 Å². The molecule has 9 heteroatoms. The van der Waals surface area contributed by atoms with Crippen molar-refractivity contribution >= 4 is 33.2 Å². The summed E-state index contributed by atoms with van der Waals surface area (Å²) in [5.41, 5.74) is 0.149. The third kappa shape index (κ3) is 6.02. The lowest BCUT2D eigenvalue weighted by Gasteiger charge is -2.13. The highest BCUT2D eigenvalue weighted by Crippen LogP contribution is 2.12. The number of hydrogen-bond donors (Lipinski definition) is 2. The van der Waals surface area contributed by atoms with Crippen molar-refractivity contribution in [3.05, 3.63) is 64.9 Å². The SMILES string of the molecule is C=CCNS(=O)(=O)c1ccc(C(=O)O[C@@H](C)C(=O)NCc2cccs2)cc1. The summed E-state index contributed by atoms with van der Waals surface area (Å²) in [6.45, 7) is 5.38. The fraction of sp³-hybridized carbons (Fsp3) is 0.222. The fourth-order valence-electron chi connectivity index (χ4n) is 2.04. The molecule has 2 aromatic rings. The van der Waals surface area contributed by atoms with Crippen LogP contribution in [0, 0.1) is 0 Å². The zero-order valence-electron chi connectivity index (χ0n) is 14.7. The lowest BCUT2D eigenvalue weighted by Crippen LogP contribution is -2.35. The zero-order chi connectivity index (χ0) is 19.9. The van der Waals surface area contributed by atoms with Gasteiger partial charge in [0.25, 0.3) is 5.91 Å². The van der Waals surface area contributed by atoms with Crippen LogP contribution < -0.4 is 10.0 Å². The van der Waals surface area contributed by atoms with E-state index in [4.69, 9.17) is 4.74 Å². The molecular weight excluding hydrogens is 388 g/mol. The predicted molar refractivity (Wildman–Crippen MR) is 103 cm³/mol. The van der Waals surface area contributed by atoms with E-state index in [1.54, 1.807) is 0 Å². The molecule has 2 rings (SSSR count). The molecule has 1 atom stereocenters. The molecule has 1 aromatic heterocycles. The summed E-state index contributed by atoms with van der Waals surface area (Å²) in [5.74, 6) is -1.12. The molecule has 0 radical (unpaired) electrons. The number of benzene rings is 1. The van der Waals surface area contributed by atoms with Gasteiger partial charge < -0.3 is 10.1 Å². The molecule has 1 aromatic carbocycles. The van der Waals surface area contributed by atoms with Gasteiger partial charge >= 0.3 is 5.97 Å². The first-order valence-corrected chi connectivity index (χ1v) is 10.4. The number of hydrogen-bond acceptors (Lipinski definition) is 6. The maximum atomic E-state index is 12.1. The maximum Gasteiger partial charge on any atom is 0.338 e. The van der Waals surface area contributed by atoms with Crippen LogP contribution in [0.2, 0.25) is 0 Å². The molecule has 0 saturated carbocycles. The van der Waals surface area contributed by atoms with Crippen molar-refractivity contribution in [3.8, 4) is 0 Å². The van der Waals surface area contributed by atoms with Gasteiger partial charge in [0.1, 0.15) is 0 Å². The summed E-state index contributed by atoms with van der Waals surface area (Å²) < 4.78 is 31.4. The Morgan fingerprint density at radius 2 is 1.96 bits per heavy atom. The molecular formula is C18H20N2O5S2. The molecule has 1 heterocycles. The van der Waals surface area contributed by atoms with Crippen LogP contribution in [0.5, 0.6) is 0 Å². The molecule has 7 nitrogen and oxygen atoms in total. The van der Waals surface area contributed by atoms with Crippen molar-refractivity contribution in [1.29, 1.82) is 0 Å². The standard InChI is InChI=1S/C18H20N2O5S2/c1-3-10-20-27(23,24)16-8-6-14(7-9-16)18(22)25-13(2)17(21)19-12-15-5-4-11-26-15/h3-9,11,13,20H,1,10,12H2,2H3,(H,19,21)/t13-/m0/s1. The smallest absolute Gasteiger partial charge is 0.338 e. The average Bonchev–Trinajstić information content (AvgIpc) is 3.18. The number of esters is 1. The van der Waals surface area contributed by atoms with E-state index in [0.717, 1.165) is 4.88 Å². The van der Waals surface area contributed by atoms with E-state index >= 15 is 0 Å². The minimum Gasteiger partial charge on any atom is -0.449 e. The van der Waals surface area contributed by atoms with Crippen molar-refractivity contribution in [2.24, 2.45) is 0 Å². The Bertz CT molecular complexity index is 890. The Morgan fingerprint density at radius 1 is 1.26 bits per heavy atom. The van der Waals surface area contributed by atoms with E-state index in [9.17, 15) is 18.0 Å². The summed E-state index contributed by atoms with van der Waals surface area (Å²) >= 11 is 1.51. The number of nitrogens with one attached hydrogen (secondary N) is 2. The van der Waals surface area contributed by atoms with Crippen LogP contribution >= 0.6 is 11.3 Å². The number of ether oxygens (including phenoxy) is 1. The van der Waals surface area contributed by atoms with Crippen molar-refractivity contribution in [1.82, 2.24) is 10.0 Å². The number of carbonyl (C=O) groups excluding carboxylic acids is 2. The zero-order valence-corrected chi connectivity index (χ0v) is 16.3. The monoisotopic (exact) mass is 408 g/mol. The van der Waals surface area contributed by atoms with Gasteiger partial charge in [0.15, 0.2) is 6.10 Å². The molecule has 0 aliphatic carbocycles. The minimum atomic E-state index is -3.67. The number of amides is 1. The molecule has 0 aliphatic heterocycles. The highest BCUT2D eigenvalue weighted by atomic mass is 32.2. The van der Waals surface area contributed by atoms with Gasteiger partial charge in [0, 0.05) is 11.4 Å². The second-order valence-corrected chi connectivity index (χ2v) is 8.31. The van der Waals surface area contributed by atoms with Gasteiger partial charge in [0.05, 0.1) is 17.0 Å². The summed E-state index contributed by atoms with van der Waals surface area (Å²) in [6, 6.07) is 9.03. The third-order valence-corrected chi connectivity index (χ3v) is 5.80. The molecule has 0 unspecified atom stereocenters. The summed E-state index contributed by atoms with van der Waals surface area (Å²) in [6.07, 6.45) is 0.448. The van der Waals surface area contributed by atoms with Crippen LogP contribution in [0.15, 0.2) is 59.3 Å². The van der Waals surface area contributed by atoms with Crippen LogP contribution in [0.1, 0.15) is 22.2 Å². The predicted octanol–water partition coefficient (Wildman–Crippen LogP) is 2.07. The maximum absolute atomic E-state index is 12.1. The molecule has 0 fully saturated rings. The van der Waals surface area contributed by atoms with Crippen LogP contribution in [0.25, 0.3) is 0 Å². The quantitative estimate of drug-likeness (QED) is 0.489. The second kappa shape index (κ2) is 9.45. The number of thiophene rings is 1. The minimum absolute atomic E-state index is 0.0163. The van der Waals surface area contributed by atoms with Gasteiger partial charge in [-0.3, -0.25) is 4.79 Å². The normalized spacial score (nSPS) is 12.2. The van der Waals surface area contributed by atoms with Gasteiger partial charge in [-0.05, 0) is 42.6 Å². The summed E-state index contributed by atoms with van der Waals surface area (Å²) in [4.78, 5) is 25.2. The largest absolute Gasteiger partial charge is 0.449 e. The Kier molecular flexibility index (Phi) is 7.28. The summed E-state index contributed by atoms with van der Waals surface area (Å²) in [7, 11) is -3.67. The molecule has 0 aliphatic rings. The molecule has 2 N–H and O–H groups in total. The van der Waals surface area contributed by atoms with E-state index in [2.05, 4.69) is 16.6 Å². The van der Waals surface area contributed by atoms with E-state index < -0.39 is 28.0 Å². The van der Waals surface area contributed by atoms with Gasteiger partial charge in [-0.25, -0.2) is 17.9 Å². The van der Waals surface area contributed by atoms with Gasteiger partial charge in [-0.1, -0.05) is 12.1 Å². The van der Waals surface area contributed by atoms with E-state index in [0.29, 0.717) is 6.54 Å².